The van der Waals surface area contributed by atoms with Crippen LogP contribution >= 0.6 is 0 Å². The van der Waals surface area contributed by atoms with Crippen LogP contribution < -0.4 is 0 Å². The van der Waals surface area contributed by atoms with E-state index < -0.39 is 11.9 Å². The van der Waals surface area contributed by atoms with Crippen molar-refractivity contribution < 1.29 is 14.3 Å². The highest BCUT2D eigenvalue weighted by Crippen LogP contribution is 1.98. The number of carbonyl (C=O) groups excluding carboxylic acids is 2. The molecule has 0 unspecified atom stereocenters. The van der Waals surface area contributed by atoms with E-state index in [1.807, 2.05) is 0 Å². The van der Waals surface area contributed by atoms with E-state index in [2.05, 4.69) is 11.3 Å². The van der Waals surface area contributed by atoms with Gasteiger partial charge in [0.1, 0.15) is 11.6 Å². The summed E-state index contributed by atoms with van der Waals surface area (Å²) in [6.07, 6.45) is 2.78. The molecule has 0 bridgehead atoms. The minimum Gasteiger partial charge on any atom is -0.386 e. The monoisotopic (exact) mass is 179 g/mol. The standard InChI is InChI=1S/C9H9NO3/c1-3-5-7(6-10)9(12)13-8(11)4-2/h4-5H,2-3H2,1H3. The van der Waals surface area contributed by atoms with E-state index in [4.69, 9.17) is 5.26 Å². The average Bonchev–Trinajstić information content (AvgIpc) is 2.13. The fraction of sp³-hybridized carbons (Fsp3) is 0.222. The van der Waals surface area contributed by atoms with Crippen LogP contribution in [-0.4, -0.2) is 11.9 Å². The van der Waals surface area contributed by atoms with E-state index in [1.165, 1.54) is 6.08 Å². The maximum Gasteiger partial charge on any atom is 0.356 e. The number of carbonyl (C=O) groups is 2. The first-order chi connectivity index (χ1) is 6.15. The third-order valence-electron chi connectivity index (χ3n) is 1.11. The van der Waals surface area contributed by atoms with E-state index in [1.54, 1.807) is 13.0 Å². The molecule has 0 saturated carbocycles. The van der Waals surface area contributed by atoms with E-state index in [0.717, 1.165) is 6.08 Å². The number of ether oxygens (including phenoxy) is 1. The van der Waals surface area contributed by atoms with Gasteiger partial charge in [-0.05, 0) is 6.42 Å². The Balaban J connectivity index is 4.42. The molecule has 0 aromatic carbocycles. The summed E-state index contributed by atoms with van der Waals surface area (Å²) in [6, 6.07) is 1.63. The molecule has 0 aliphatic rings. The fourth-order valence-electron chi connectivity index (χ4n) is 0.567. The van der Waals surface area contributed by atoms with Crippen LogP contribution in [0.15, 0.2) is 24.3 Å². The highest BCUT2D eigenvalue weighted by molar-refractivity contribution is 6.01. The van der Waals surface area contributed by atoms with Gasteiger partial charge in [0, 0.05) is 6.08 Å². The Labute approximate surface area is 76.1 Å². The van der Waals surface area contributed by atoms with Crippen LogP contribution in [0.4, 0.5) is 0 Å². The highest BCUT2D eigenvalue weighted by Gasteiger charge is 2.12. The number of nitriles is 1. The quantitative estimate of drug-likeness (QED) is 0.281. The molecule has 0 rings (SSSR count). The van der Waals surface area contributed by atoms with Crippen molar-refractivity contribution in [2.24, 2.45) is 0 Å². The van der Waals surface area contributed by atoms with Gasteiger partial charge in [0.05, 0.1) is 0 Å². The maximum atomic E-state index is 11.0. The summed E-state index contributed by atoms with van der Waals surface area (Å²) in [4.78, 5) is 21.5. The zero-order valence-electron chi connectivity index (χ0n) is 7.24. The normalized spacial score (nSPS) is 10.0. The van der Waals surface area contributed by atoms with Gasteiger partial charge in [-0.3, -0.25) is 0 Å². The second-order valence-corrected chi connectivity index (χ2v) is 2.05. The van der Waals surface area contributed by atoms with Gasteiger partial charge < -0.3 is 4.74 Å². The lowest BCUT2D eigenvalue weighted by Crippen LogP contribution is -2.11. The van der Waals surface area contributed by atoms with Gasteiger partial charge in [-0.2, -0.15) is 5.26 Å². The van der Waals surface area contributed by atoms with Gasteiger partial charge in [0.2, 0.25) is 0 Å². The molecule has 0 N–H and O–H groups in total. The van der Waals surface area contributed by atoms with E-state index in [9.17, 15) is 9.59 Å². The molecule has 0 radical (unpaired) electrons. The summed E-state index contributed by atoms with van der Waals surface area (Å²) in [6.45, 7) is 4.88. The fourth-order valence-corrected chi connectivity index (χ4v) is 0.567. The van der Waals surface area contributed by atoms with Gasteiger partial charge in [0.15, 0.2) is 0 Å². The minimum absolute atomic E-state index is 0.169. The predicted octanol–water partition coefficient (Wildman–Crippen LogP) is 1.10. The number of esters is 2. The second-order valence-electron chi connectivity index (χ2n) is 2.05. The summed E-state index contributed by atoms with van der Waals surface area (Å²) >= 11 is 0. The van der Waals surface area contributed by atoms with Crippen LogP contribution in [0.3, 0.4) is 0 Å². The Morgan fingerprint density at radius 1 is 1.62 bits per heavy atom. The molecule has 4 nitrogen and oxygen atoms in total. The second kappa shape index (κ2) is 5.72. The molecule has 0 amide bonds. The molecule has 0 aromatic heterocycles. The lowest BCUT2D eigenvalue weighted by Gasteiger charge is -1.96. The Kier molecular flexibility index (Phi) is 4.89. The first kappa shape index (κ1) is 11.1. The Morgan fingerprint density at radius 2 is 2.23 bits per heavy atom. The zero-order chi connectivity index (χ0) is 10.3. The van der Waals surface area contributed by atoms with Crippen LogP contribution in [0.1, 0.15) is 13.3 Å². The van der Waals surface area contributed by atoms with Crippen LogP contribution in [0.2, 0.25) is 0 Å². The van der Waals surface area contributed by atoms with Crippen molar-refractivity contribution >= 4 is 11.9 Å². The molecule has 0 aliphatic carbocycles. The molecule has 0 spiro atoms. The number of hydrogen-bond donors (Lipinski definition) is 0. The highest BCUT2D eigenvalue weighted by atomic mass is 16.6. The van der Waals surface area contributed by atoms with Gasteiger partial charge in [0.25, 0.3) is 0 Å². The number of nitrogens with zero attached hydrogens (tertiary/aromatic N) is 1. The molecule has 0 aliphatic heterocycles. The first-order valence-corrected chi connectivity index (χ1v) is 3.64. The van der Waals surface area contributed by atoms with E-state index in [0.29, 0.717) is 6.42 Å². The maximum absolute atomic E-state index is 11.0. The molecule has 0 fully saturated rings. The zero-order valence-corrected chi connectivity index (χ0v) is 7.24. The lowest BCUT2D eigenvalue weighted by atomic mass is 10.2. The molecule has 4 heteroatoms. The van der Waals surface area contributed by atoms with Crippen molar-refractivity contribution in [3.8, 4) is 6.07 Å². The van der Waals surface area contributed by atoms with Crippen molar-refractivity contribution in [3.05, 3.63) is 24.3 Å². The molecule has 0 aromatic rings. The first-order valence-electron chi connectivity index (χ1n) is 3.64. The van der Waals surface area contributed by atoms with Crippen LogP contribution in [0.5, 0.6) is 0 Å². The van der Waals surface area contributed by atoms with E-state index in [-0.39, 0.29) is 5.57 Å². The van der Waals surface area contributed by atoms with Crippen molar-refractivity contribution in [1.82, 2.24) is 0 Å². The van der Waals surface area contributed by atoms with Crippen LogP contribution in [-0.2, 0) is 14.3 Å². The SMILES string of the molecule is C=CC(=O)OC(=O)C(C#N)=CCC. The molecule has 0 heterocycles. The molecular weight excluding hydrogens is 170 g/mol. The smallest absolute Gasteiger partial charge is 0.356 e. The minimum atomic E-state index is -0.936. The summed E-state index contributed by atoms with van der Waals surface area (Å²) in [5.41, 5.74) is -0.169. The summed E-state index contributed by atoms with van der Waals surface area (Å²) in [7, 11) is 0. The summed E-state index contributed by atoms with van der Waals surface area (Å²) in [5.74, 6) is -1.79. The Bertz CT molecular complexity index is 296. The number of rotatable bonds is 3. The molecule has 0 atom stereocenters. The third kappa shape index (κ3) is 3.87. The van der Waals surface area contributed by atoms with Crippen LogP contribution in [0, 0.1) is 11.3 Å². The van der Waals surface area contributed by atoms with Crippen molar-refractivity contribution in [2.45, 2.75) is 13.3 Å². The largest absolute Gasteiger partial charge is 0.386 e. The number of hydrogen-bond acceptors (Lipinski definition) is 4. The molecule has 0 saturated heterocycles. The van der Waals surface area contributed by atoms with Gasteiger partial charge in [-0.15, -0.1) is 0 Å². The van der Waals surface area contributed by atoms with Gasteiger partial charge in [-0.25, -0.2) is 9.59 Å². The molecule has 68 valence electrons. The summed E-state index contributed by atoms with van der Waals surface area (Å²) < 4.78 is 4.22. The Hall–Kier alpha value is -1.89. The third-order valence-corrected chi connectivity index (χ3v) is 1.11. The average molecular weight is 179 g/mol. The summed E-state index contributed by atoms with van der Waals surface area (Å²) in [5, 5.41) is 8.46. The topological polar surface area (TPSA) is 67.2 Å². The Morgan fingerprint density at radius 3 is 2.62 bits per heavy atom. The van der Waals surface area contributed by atoms with E-state index >= 15 is 0 Å². The lowest BCUT2D eigenvalue weighted by molar-refractivity contribution is -0.152. The molecule has 13 heavy (non-hydrogen) atoms. The van der Waals surface area contributed by atoms with Gasteiger partial charge in [-0.1, -0.05) is 19.6 Å². The van der Waals surface area contributed by atoms with Crippen molar-refractivity contribution in [3.63, 3.8) is 0 Å². The van der Waals surface area contributed by atoms with Crippen molar-refractivity contribution in [2.75, 3.05) is 0 Å². The molecular formula is C9H9NO3. The van der Waals surface area contributed by atoms with Crippen LogP contribution in [0.25, 0.3) is 0 Å². The van der Waals surface area contributed by atoms with Gasteiger partial charge >= 0.3 is 11.9 Å². The van der Waals surface area contributed by atoms with Crippen molar-refractivity contribution in [1.29, 1.82) is 5.26 Å². The number of allylic oxidation sites excluding steroid dienone is 1. The predicted molar refractivity (Wildman–Crippen MR) is 45.3 cm³/mol.